The molecule has 0 amide bonds. The fraction of sp³-hybridized carbons (Fsp3) is 0.0833. The van der Waals surface area contributed by atoms with Crippen molar-refractivity contribution < 1.29 is 9.13 Å². The number of halogens is 2. The van der Waals surface area contributed by atoms with Crippen molar-refractivity contribution in [1.82, 2.24) is 4.98 Å². The average molecular weight is 282 g/mol. The molecule has 0 aliphatic heterocycles. The number of pyridine rings is 1. The van der Waals surface area contributed by atoms with Crippen LogP contribution in [0, 0.1) is 5.95 Å². The van der Waals surface area contributed by atoms with E-state index in [4.69, 9.17) is 4.74 Å². The zero-order chi connectivity index (χ0) is 11.4. The van der Waals surface area contributed by atoms with Gasteiger partial charge in [0, 0.05) is 10.0 Å². The minimum atomic E-state index is -0.506. The summed E-state index contributed by atoms with van der Waals surface area (Å²) >= 11 is 3.43. The summed E-state index contributed by atoms with van der Waals surface area (Å²) in [5, 5.41) is 0. The second-order valence-electron chi connectivity index (χ2n) is 3.20. The molecule has 0 saturated heterocycles. The maximum atomic E-state index is 12.5. The number of aromatic nitrogens is 1. The highest BCUT2D eigenvalue weighted by Crippen LogP contribution is 2.18. The van der Waals surface area contributed by atoms with E-state index in [1.165, 1.54) is 12.3 Å². The van der Waals surface area contributed by atoms with Gasteiger partial charge in [0.1, 0.15) is 12.4 Å². The van der Waals surface area contributed by atoms with Gasteiger partial charge in [-0.1, -0.05) is 34.1 Å². The monoisotopic (exact) mass is 281 g/mol. The third-order valence-corrected chi connectivity index (χ3v) is 2.83. The van der Waals surface area contributed by atoms with Gasteiger partial charge >= 0.3 is 0 Å². The van der Waals surface area contributed by atoms with E-state index in [0.717, 1.165) is 10.0 Å². The molecule has 0 saturated carbocycles. The Balaban J connectivity index is 2.02. The lowest BCUT2D eigenvalue weighted by Crippen LogP contribution is -1.96. The Hall–Kier alpha value is -1.42. The van der Waals surface area contributed by atoms with Gasteiger partial charge in [-0.05, 0) is 18.2 Å². The number of rotatable bonds is 3. The lowest BCUT2D eigenvalue weighted by atomic mass is 10.2. The Morgan fingerprint density at radius 2 is 2.00 bits per heavy atom. The molecule has 82 valence electrons. The van der Waals surface area contributed by atoms with Crippen LogP contribution in [0.25, 0.3) is 0 Å². The van der Waals surface area contributed by atoms with Gasteiger partial charge in [-0.25, -0.2) is 4.98 Å². The molecule has 0 fully saturated rings. The summed E-state index contributed by atoms with van der Waals surface area (Å²) in [5.41, 5.74) is 1.03. The van der Waals surface area contributed by atoms with Crippen molar-refractivity contribution in [2.75, 3.05) is 0 Å². The molecule has 0 unspecified atom stereocenters. The van der Waals surface area contributed by atoms with E-state index >= 15 is 0 Å². The van der Waals surface area contributed by atoms with Crippen LogP contribution in [0.2, 0.25) is 0 Å². The van der Waals surface area contributed by atoms with E-state index < -0.39 is 5.95 Å². The summed E-state index contributed by atoms with van der Waals surface area (Å²) in [6.07, 6.45) is 1.37. The van der Waals surface area contributed by atoms with E-state index in [1.807, 2.05) is 24.3 Å². The van der Waals surface area contributed by atoms with Gasteiger partial charge in [0.15, 0.2) is 0 Å². The molecule has 0 aliphatic carbocycles. The van der Waals surface area contributed by atoms with Crippen LogP contribution in [0.5, 0.6) is 5.75 Å². The highest BCUT2D eigenvalue weighted by Gasteiger charge is 2.00. The Bertz CT molecular complexity index is 473. The van der Waals surface area contributed by atoms with Gasteiger partial charge < -0.3 is 4.74 Å². The van der Waals surface area contributed by atoms with Crippen molar-refractivity contribution >= 4 is 15.9 Å². The van der Waals surface area contributed by atoms with Gasteiger partial charge in [0.05, 0.1) is 6.20 Å². The van der Waals surface area contributed by atoms with Gasteiger partial charge in [-0.15, -0.1) is 0 Å². The smallest absolute Gasteiger partial charge is 0.213 e. The fourth-order valence-electron chi connectivity index (χ4n) is 1.22. The first-order valence-corrected chi connectivity index (χ1v) is 5.53. The first kappa shape index (κ1) is 11.1. The van der Waals surface area contributed by atoms with E-state index in [9.17, 15) is 4.39 Å². The zero-order valence-electron chi connectivity index (χ0n) is 8.36. The SMILES string of the molecule is Fc1ccc(OCc2ccccc2Br)cn1. The molecule has 1 aromatic carbocycles. The normalized spacial score (nSPS) is 10.1. The highest BCUT2D eigenvalue weighted by atomic mass is 79.9. The summed E-state index contributed by atoms with van der Waals surface area (Å²) in [6, 6.07) is 10.6. The minimum absolute atomic E-state index is 0.425. The largest absolute Gasteiger partial charge is 0.487 e. The fourth-order valence-corrected chi connectivity index (χ4v) is 1.62. The quantitative estimate of drug-likeness (QED) is 0.803. The molecular weight excluding hydrogens is 273 g/mol. The van der Waals surface area contributed by atoms with Crippen LogP contribution in [-0.2, 0) is 6.61 Å². The molecule has 0 N–H and O–H groups in total. The molecule has 2 rings (SSSR count). The highest BCUT2D eigenvalue weighted by molar-refractivity contribution is 9.10. The summed E-state index contributed by atoms with van der Waals surface area (Å²) in [7, 11) is 0. The molecule has 0 bridgehead atoms. The first-order chi connectivity index (χ1) is 7.75. The lowest BCUT2D eigenvalue weighted by Gasteiger charge is -2.06. The Labute approximate surface area is 101 Å². The number of benzene rings is 1. The lowest BCUT2D eigenvalue weighted by molar-refractivity contribution is 0.303. The maximum absolute atomic E-state index is 12.5. The van der Waals surface area contributed by atoms with Crippen molar-refractivity contribution in [2.45, 2.75) is 6.61 Å². The number of hydrogen-bond donors (Lipinski definition) is 0. The van der Waals surface area contributed by atoms with E-state index in [2.05, 4.69) is 20.9 Å². The molecule has 0 aliphatic rings. The predicted molar refractivity (Wildman–Crippen MR) is 62.7 cm³/mol. The van der Waals surface area contributed by atoms with Crippen molar-refractivity contribution in [1.29, 1.82) is 0 Å². The average Bonchev–Trinajstić information content (AvgIpc) is 2.30. The molecule has 0 atom stereocenters. The second-order valence-corrected chi connectivity index (χ2v) is 4.05. The van der Waals surface area contributed by atoms with Gasteiger partial charge in [0.25, 0.3) is 0 Å². The molecule has 4 heteroatoms. The Morgan fingerprint density at radius 1 is 1.19 bits per heavy atom. The molecule has 2 aromatic rings. The van der Waals surface area contributed by atoms with Crippen LogP contribution < -0.4 is 4.74 Å². The van der Waals surface area contributed by atoms with E-state index in [-0.39, 0.29) is 0 Å². The van der Waals surface area contributed by atoms with E-state index in [0.29, 0.717) is 12.4 Å². The molecule has 0 spiro atoms. The molecule has 16 heavy (non-hydrogen) atoms. The molecule has 2 nitrogen and oxygen atoms in total. The second kappa shape index (κ2) is 5.07. The van der Waals surface area contributed by atoms with Crippen LogP contribution in [0.4, 0.5) is 4.39 Å². The number of hydrogen-bond acceptors (Lipinski definition) is 2. The number of ether oxygens (including phenoxy) is 1. The predicted octanol–water partition coefficient (Wildman–Crippen LogP) is 3.56. The summed E-state index contributed by atoms with van der Waals surface area (Å²) in [4.78, 5) is 3.51. The van der Waals surface area contributed by atoms with Crippen molar-refractivity contribution in [3.63, 3.8) is 0 Å². The zero-order valence-corrected chi connectivity index (χ0v) is 9.95. The maximum Gasteiger partial charge on any atom is 0.213 e. The molecular formula is C12H9BrFNO. The first-order valence-electron chi connectivity index (χ1n) is 4.73. The van der Waals surface area contributed by atoms with Crippen LogP contribution in [-0.4, -0.2) is 4.98 Å². The summed E-state index contributed by atoms with van der Waals surface area (Å²) < 4.78 is 19.0. The summed E-state index contributed by atoms with van der Waals surface area (Å²) in [5.74, 6) is 0.0467. The third kappa shape index (κ3) is 2.79. The summed E-state index contributed by atoms with van der Waals surface area (Å²) in [6.45, 7) is 0.425. The molecule has 1 aromatic heterocycles. The van der Waals surface area contributed by atoms with Crippen molar-refractivity contribution in [3.05, 3.63) is 58.6 Å². The van der Waals surface area contributed by atoms with Crippen LogP contribution in [0.3, 0.4) is 0 Å². The van der Waals surface area contributed by atoms with Gasteiger partial charge in [-0.2, -0.15) is 4.39 Å². The van der Waals surface area contributed by atoms with Crippen molar-refractivity contribution in [3.8, 4) is 5.75 Å². The van der Waals surface area contributed by atoms with Crippen LogP contribution in [0.15, 0.2) is 47.1 Å². The van der Waals surface area contributed by atoms with Crippen LogP contribution >= 0.6 is 15.9 Å². The Morgan fingerprint density at radius 3 is 2.69 bits per heavy atom. The van der Waals surface area contributed by atoms with E-state index in [1.54, 1.807) is 6.07 Å². The third-order valence-electron chi connectivity index (χ3n) is 2.05. The minimum Gasteiger partial charge on any atom is -0.487 e. The Kier molecular flexibility index (Phi) is 3.51. The van der Waals surface area contributed by atoms with Crippen LogP contribution in [0.1, 0.15) is 5.56 Å². The standard InChI is InChI=1S/C12H9BrFNO/c13-11-4-2-1-3-9(11)8-16-10-5-6-12(14)15-7-10/h1-7H,8H2. The molecule has 1 heterocycles. The number of nitrogens with zero attached hydrogens (tertiary/aromatic N) is 1. The topological polar surface area (TPSA) is 22.1 Å². The van der Waals surface area contributed by atoms with Gasteiger partial charge in [-0.3, -0.25) is 0 Å². The van der Waals surface area contributed by atoms with Gasteiger partial charge in [0.2, 0.25) is 5.95 Å². The van der Waals surface area contributed by atoms with Crippen molar-refractivity contribution in [2.24, 2.45) is 0 Å². The molecule has 0 radical (unpaired) electrons.